The van der Waals surface area contributed by atoms with Crippen LogP contribution in [0.2, 0.25) is 0 Å². The van der Waals surface area contributed by atoms with Crippen LogP contribution in [0.5, 0.6) is 0 Å². The van der Waals surface area contributed by atoms with Crippen molar-refractivity contribution in [2.45, 2.75) is 13.3 Å². The van der Waals surface area contributed by atoms with E-state index in [4.69, 9.17) is 0 Å². The van der Waals surface area contributed by atoms with E-state index in [9.17, 15) is 4.91 Å². The molecule has 1 heterocycles. The molecule has 0 N–H and O–H groups in total. The van der Waals surface area contributed by atoms with Gasteiger partial charge in [-0.2, -0.15) is 0 Å². The minimum Gasteiger partial charge on any atom is -0.262 e. The molecule has 1 rings (SSSR count). The minimum absolute atomic E-state index is 0.449. The molecule has 0 aliphatic heterocycles. The summed E-state index contributed by atoms with van der Waals surface area (Å²) in [5.74, 6) is 0. The number of nitrogens with zero attached hydrogens (tertiary/aromatic N) is 2. The van der Waals surface area contributed by atoms with Crippen LogP contribution in [0.4, 0.5) is 5.69 Å². The third-order valence-corrected chi connectivity index (χ3v) is 1.37. The predicted octanol–water partition coefficient (Wildman–Crippen LogP) is 2.04. The topological polar surface area (TPSA) is 42.3 Å². The molecule has 0 saturated carbocycles. The second-order valence-corrected chi connectivity index (χ2v) is 1.95. The molecular formula is C7H8N2O. The summed E-state index contributed by atoms with van der Waals surface area (Å²) in [6.45, 7) is 1.98. The Hall–Kier alpha value is -1.25. The third kappa shape index (κ3) is 1.18. The van der Waals surface area contributed by atoms with Crippen molar-refractivity contribution in [3.8, 4) is 0 Å². The number of aryl methyl sites for hydroxylation is 1. The largest absolute Gasteiger partial charge is 0.262 e. The SMILES string of the molecule is CCc1ccncc1N=O. The Morgan fingerprint density at radius 2 is 2.50 bits per heavy atom. The van der Waals surface area contributed by atoms with Gasteiger partial charge in [0.15, 0.2) is 0 Å². The van der Waals surface area contributed by atoms with Crippen molar-refractivity contribution in [3.05, 3.63) is 28.9 Å². The van der Waals surface area contributed by atoms with Crippen LogP contribution in [0.1, 0.15) is 12.5 Å². The predicted molar refractivity (Wildman–Crippen MR) is 39.1 cm³/mol. The molecule has 0 aliphatic carbocycles. The molecule has 3 nitrogen and oxygen atoms in total. The van der Waals surface area contributed by atoms with Crippen molar-refractivity contribution in [3.63, 3.8) is 0 Å². The van der Waals surface area contributed by atoms with Gasteiger partial charge in [-0.05, 0) is 23.2 Å². The summed E-state index contributed by atoms with van der Waals surface area (Å²) in [7, 11) is 0. The summed E-state index contributed by atoms with van der Waals surface area (Å²) in [6, 6.07) is 1.80. The van der Waals surface area contributed by atoms with E-state index in [1.54, 1.807) is 12.3 Å². The third-order valence-electron chi connectivity index (χ3n) is 1.37. The zero-order valence-corrected chi connectivity index (χ0v) is 5.74. The number of nitroso groups, excluding NO2 is 1. The van der Waals surface area contributed by atoms with Crippen LogP contribution in [0.25, 0.3) is 0 Å². The molecule has 0 atom stereocenters. The zero-order chi connectivity index (χ0) is 7.40. The van der Waals surface area contributed by atoms with Gasteiger partial charge in [-0.15, -0.1) is 4.91 Å². The van der Waals surface area contributed by atoms with E-state index in [-0.39, 0.29) is 0 Å². The number of hydrogen-bond donors (Lipinski definition) is 0. The van der Waals surface area contributed by atoms with Crippen LogP contribution in [0.3, 0.4) is 0 Å². The van der Waals surface area contributed by atoms with E-state index in [1.165, 1.54) is 6.20 Å². The van der Waals surface area contributed by atoms with Gasteiger partial charge in [0.25, 0.3) is 0 Å². The van der Waals surface area contributed by atoms with Gasteiger partial charge in [0.1, 0.15) is 5.69 Å². The summed E-state index contributed by atoms with van der Waals surface area (Å²) in [5.41, 5.74) is 1.40. The Kier molecular flexibility index (Phi) is 2.10. The highest BCUT2D eigenvalue weighted by molar-refractivity contribution is 5.42. The molecule has 0 aromatic carbocycles. The molecule has 0 saturated heterocycles. The van der Waals surface area contributed by atoms with E-state index in [0.29, 0.717) is 5.69 Å². The molecule has 0 bridgehead atoms. The van der Waals surface area contributed by atoms with E-state index >= 15 is 0 Å². The highest BCUT2D eigenvalue weighted by Gasteiger charge is 1.97. The summed E-state index contributed by atoms with van der Waals surface area (Å²) >= 11 is 0. The minimum atomic E-state index is 0.449. The van der Waals surface area contributed by atoms with Gasteiger partial charge in [-0.1, -0.05) is 6.92 Å². The fraction of sp³-hybridized carbons (Fsp3) is 0.286. The second-order valence-electron chi connectivity index (χ2n) is 1.95. The maximum atomic E-state index is 10.1. The molecule has 52 valence electrons. The van der Waals surface area contributed by atoms with Crippen molar-refractivity contribution < 1.29 is 0 Å². The lowest BCUT2D eigenvalue weighted by Crippen LogP contribution is -1.80. The van der Waals surface area contributed by atoms with E-state index in [2.05, 4.69) is 10.2 Å². The van der Waals surface area contributed by atoms with E-state index in [0.717, 1.165) is 12.0 Å². The lowest BCUT2D eigenvalue weighted by atomic mass is 10.2. The number of hydrogen-bond acceptors (Lipinski definition) is 3. The Labute approximate surface area is 59.1 Å². The highest BCUT2D eigenvalue weighted by Crippen LogP contribution is 2.16. The number of rotatable bonds is 2. The fourth-order valence-corrected chi connectivity index (χ4v) is 0.796. The molecule has 0 spiro atoms. The van der Waals surface area contributed by atoms with Crippen molar-refractivity contribution in [2.24, 2.45) is 5.18 Å². The summed E-state index contributed by atoms with van der Waals surface area (Å²) in [5, 5.41) is 2.83. The summed E-state index contributed by atoms with van der Waals surface area (Å²) in [4.78, 5) is 13.9. The molecular weight excluding hydrogens is 128 g/mol. The molecule has 0 radical (unpaired) electrons. The molecule has 1 aromatic rings. The van der Waals surface area contributed by atoms with Crippen molar-refractivity contribution in [1.82, 2.24) is 4.98 Å². The summed E-state index contributed by atoms with van der Waals surface area (Å²) in [6.07, 6.45) is 3.96. The fourth-order valence-electron chi connectivity index (χ4n) is 0.796. The van der Waals surface area contributed by atoms with Crippen LogP contribution in [0, 0.1) is 4.91 Å². The Morgan fingerprint density at radius 3 is 3.00 bits per heavy atom. The Bertz CT molecular complexity index is 235. The van der Waals surface area contributed by atoms with Gasteiger partial charge in [0.2, 0.25) is 0 Å². The number of aromatic nitrogens is 1. The second kappa shape index (κ2) is 3.06. The van der Waals surface area contributed by atoms with Crippen LogP contribution < -0.4 is 0 Å². The molecule has 0 aliphatic rings. The molecule has 0 unspecified atom stereocenters. The molecule has 1 aromatic heterocycles. The average Bonchev–Trinajstić information content (AvgIpc) is 2.04. The maximum absolute atomic E-state index is 10.1. The van der Waals surface area contributed by atoms with Crippen LogP contribution in [-0.2, 0) is 6.42 Å². The van der Waals surface area contributed by atoms with Crippen LogP contribution in [0.15, 0.2) is 23.6 Å². The van der Waals surface area contributed by atoms with Gasteiger partial charge in [0.05, 0.1) is 6.20 Å². The molecule has 0 amide bonds. The van der Waals surface area contributed by atoms with Gasteiger partial charge in [0, 0.05) is 6.20 Å². The Balaban J connectivity index is 3.08. The summed E-state index contributed by atoms with van der Waals surface area (Å²) < 4.78 is 0. The van der Waals surface area contributed by atoms with Gasteiger partial charge >= 0.3 is 0 Å². The highest BCUT2D eigenvalue weighted by atomic mass is 16.3. The quantitative estimate of drug-likeness (QED) is 0.584. The number of pyridine rings is 1. The molecule has 0 fully saturated rings. The maximum Gasteiger partial charge on any atom is 0.129 e. The monoisotopic (exact) mass is 136 g/mol. The van der Waals surface area contributed by atoms with E-state index < -0.39 is 0 Å². The first kappa shape index (κ1) is 6.86. The lowest BCUT2D eigenvalue weighted by molar-refractivity contribution is 1.11. The van der Waals surface area contributed by atoms with Crippen LogP contribution in [-0.4, -0.2) is 4.98 Å². The average molecular weight is 136 g/mol. The molecule has 3 heteroatoms. The zero-order valence-electron chi connectivity index (χ0n) is 5.74. The lowest BCUT2D eigenvalue weighted by Gasteiger charge is -1.95. The standard InChI is InChI=1S/C7H8N2O/c1-2-6-3-4-8-5-7(6)9-10/h3-5H,2H2,1H3. The van der Waals surface area contributed by atoms with Gasteiger partial charge < -0.3 is 0 Å². The van der Waals surface area contributed by atoms with Crippen molar-refractivity contribution >= 4 is 5.69 Å². The van der Waals surface area contributed by atoms with Crippen molar-refractivity contribution in [1.29, 1.82) is 0 Å². The first-order chi connectivity index (χ1) is 4.88. The van der Waals surface area contributed by atoms with Gasteiger partial charge in [-0.3, -0.25) is 4.98 Å². The van der Waals surface area contributed by atoms with Gasteiger partial charge in [-0.25, -0.2) is 0 Å². The normalized spacial score (nSPS) is 9.30. The van der Waals surface area contributed by atoms with Crippen molar-refractivity contribution in [2.75, 3.05) is 0 Å². The first-order valence-electron chi connectivity index (χ1n) is 3.14. The first-order valence-corrected chi connectivity index (χ1v) is 3.14. The molecule has 10 heavy (non-hydrogen) atoms. The van der Waals surface area contributed by atoms with E-state index in [1.807, 2.05) is 6.92 Å². The smallest absolute Gasteiger partial charge is 0.129 e. The van der Waals surface area contributed by atoms with Crippen LogP contribution >= 0.6 is 0 Å². The Morgan fingerprint density at radius 1 is 1.70 bits per heavy atom.